The molecule has 0 saturated carbocycles. The van der Waals surface area contributed by atoms with Crippen molar-refractivity contribution >= 4 is 29.3 Å². The average Bonchev–Trinajstić information content (AvgIpc) is 2.47. The van der Waals surface area contributed by atoms with Crippen LogP contribution >= 0.6 is 11.8 Å². The SMILES string of the molecule is CCOC(=O)/C(C#N)=C/Nc1ccccc1SCC(N)=O. The summed E-state index contributed by atoms with van der Waals surface area (Å²) >= 11 is 1.27. The molecular weight excluding hydrogens is 290 g/mol. The van der Waals surface area contributed by atoms with Crippen LogP contribution < -0.4 is 11.1 Å². The highest BCUT2D eigenvalue weighted by Crippen LogP contribution is 2.26. The number of thioether (sulfide) groups is 1. The number of nitrogens with two attached hydrogens (primary N) is 1. The molecule has 110 valence electrons. The molecular formula is C14H15N3O3S. The Hall–Kier alpha value is -2.46. The lowest BCUT2D eigenvalue weighted by Gasteiger charge is -2.08. The number of nitrogens with one attached hydrogen (secondary N) is 1. The van der Waals surface area contributed by atoms with E-state index < -0.39 is 11.9 Å². The number of para-hydroxylation sites is 1. The number of nitriles is 1. The zero-order valence-electron chi connectivity index (χ0n) is 11.5. The number of rotatable bonds is 7. The van der Waals surface area contributed by atoms with Crippen molar-refractivity contribution < 1.29 is 14.3 Å². The Morgan fingerprint density at radius 1 is 1.48 bits per heavy atom. The van der Waals surface area contributed by atoms with E-state index in [4.69, 9.17) is 15.7 Å². The van der Waals surface area contributed by atoms with E-state index in [0.717, 1.165) is 4.90 Å². The number of amides is 1. The van der Waals surface area contributed by atoms with Crippen molar-refractivity contribution in [1.29, 1.82) is 5.26 Å². The third-order valence-corrected chi connectivity index (χ3v) is 3.34. The Bertz CT molecular complexity index is 593. The molecule has 0 fully saturated rings. The summed E-state index contributed by atoms with van der Waals surface area (Å²) in [6, 6.07) is 8.95. The van der Waals surface area contributed by atoms with Crippen molar-refractivity contribution in [3.05, 3.63) is 36.0 Å². The summed E-state index contributed by atoms with van der Waals surface area (Å²) in [5.41, 5.74) is 5.65. The lowest BCUT2D eigenvalue weighted by atomic mass is 10.3. The first-order valence-corrected chi connectivity index (χ1v) is 7.11. The van der Waals surface area contributed by atoms with Gasteiger partial charge in [-0.05, 0) is 19.1 Å². The second kappa shape index (κ2) is 8.66. The lowest BCUT2D eigenvalue weighted by Crippen LogP contribution is -2.13. The van der Waals surface area contributed by atoms with Crippen LogP contribution in [0.25, 0.3) is 0 Å². The first kappa shape index (κ1) is 16.6. The van der Waals surface area contributed by atoms with Gasteiger partial charge in [-0.1, -0.05) is 12.1 Å². The molecule has 0 aromatic heterocycles. The number of primary amides is 1. The van der Waals surface area contributed by atoms with E-state index in [2.05, 4.69) is 5.32 Å². The predicted molar refractivity (Wildman–Crippen MR) is 80.3 cm³/mol. The van der Waals surface area contributed by atoms with E-state index in [9.17, 15) is 9.59 Å². The minimum Gasteiger partial charge on any atom is -0.462 e. The minimum atomic E-state index is -0.685. The number of nitrogens with zero attached hydrogens (tertiary/aromatic N) is 1. The molecule has 0 bridgehead atoms. The largest absolute Gasteiger partial charge is 0.462 e. The molecule has 1 rings (SSSR count). The van der Waals surface area contributed by atoms with E-state index >= 15 is 0 Å². The van der Waals surface area contributed by atoms with Crippen LogP contribution in [0.2, 0.25) is 0 Å². The Morgan fingerprint density at radius 3 is 2.81 bits per heavy atom. The first-order chi connectivity index (χ1) is 10.1. The molecule has 0 unspecified atom stereocenters. The first-order valence-electron chi connectivity index (χ1n) is 6.12. The van der Waals surface area contributed by atoms with Gasteiger partial charge in [0.2, 0.25) is 5.91 Å². The van der Waals surface area contributed by atoms with Crippen LogP contribution in [0.15, 0.2) is 40.9 Å². The number of esters is 1. The van der Waals surface area contributed by atoms with Gasteiger partial charge in [0.25, 0.3) is 0 Å². The van der Waals surface area contributed by atoms with Gasteiger partial charge in [-0.15, -0.1) is 11.8 Å². The fourth-order valence-corrected chi connectivity index (χ4v) is 2.11. The fourth-order valence-electron chi connectivity index (χ4n) is 1.36. The van der Waals surface area contributed by atoms with E-state index in [1.807, 2.05) is 6.07 Å². The topological polar surface area (TPSA) is 105 Å². The minimum absolute atomic E-state index is 0.133. The van der Waals surface area contributed by atoms with Crippen molar-refractivity contribution in [3.8, 4) is 6.07 Å². The highest BCUT2D eigenvalue weighted by molar-refractivity contribution is 8.00. The van der Waals surface area contributed by atoms with Crippen molar-refractivity contribution in [1.82, 2.24) is 0 Å². The molecule has 0 radical (unpaired) electrons. The van der Waals surface area contributed by atoms with Crippen LogP contribution in [0, 0.1) is 11.3 Å². The summed E-state index contributed by atoms with van der Waals surface area (Å²) in [5.74, 6) is -0.963. The highest BCUT2D eigenvalue weighted by atomic mass is 32.2. The average molecular weight is 305 g/mol. The van der Waals surface area contributed by atoms with E-state index in [-0.39, 0.29) is 17.9 Å². The highest BCUT2D eigenvalue weighted by Gasteiger charge is 2.10. The molecule has 1 aromatic carbocycles. The summed E-state index contributed by atoms with van der Waals surface area (Å²) < 4.78 is 4.76. The normalized spacial score (nSPS) is 10.6. The van der Waals surface area contributed by atoms with E-state index in [0.29, 0.717) is 5.69 Å². The van der Waals surface area contributed by atoms with E-state index in [1.165, 1.54) is 18.0 Å². The third kappa shape index (κ3) is 5.58. The molecule has 0 saturated heterocycles. The molecule has 0 heterocycles. The molecule has 21 heavy (non-hydrogen) atoms. The van der Waals surface area contributed by atoms with Crippen molar-refractivity contribution in [2.45, 2.75) is 11.8 Å². The Balaban J connectivity index is 2.84. The van der Waals surface area contributed by atoms with Gasteiger partial charge in [-0.2, -0.15) is 5.26 Å². The smallest absolute Gasteiger partial charge is 0.350 e. The van der Waals surface area contributed by atoms with Crippen LogP contribution in [-0.2, 0) is 14.3 Å². The van der Waals surface area contributed by atoms with Gasteiger partial charge in [0.15, 0.2) is 5.57 Å². The molecule has 0 aliphatic heterocycles. The number of benzene rings is 1. The Kier molecular flexibility index (Phi) is 6.84. The summed E-state index contributed by atoms with van der Waals surface area (Å²) in [6.07, 6.45) is 1.28. The Morgan fingerprint density at radius 2 is 2.19 bits per heavy atom. The van der Waals surface area contributed by atoms with Gasteiger partial charge in [-0.3, -0.25) is 4.79 Å². The summed E-state index contributed by atoms with van der Waals surface area (Å²) in [4.78, 5) is 23.1. The van der Waals surface area contributed by atoms with Crippen LogP contribution in [0.4, 0.5) is 5.69 Å². The molecule has 0 spiro atoms. The second-order valence-electron chi connectivity index (χ2n) is 3.79. The quantitative estimate of drug-likeness (QED) is 0.343. The second-order valence-corrected chi connectivity index (χ2v) is 4.80. The monoisotopic (exact) mass is 305 g/mol. The molecule has 6 nitrogen and oxygen atoms in total. The van der Waals surface area contributed by atoms with Gasteiger partial charge in [0.1, 0.15) is 6.07 Å². The fraction of sp³-hybridized carbons (Fsp3) is 0.214. The van der Waals surface area contributed by atoms with Crippen molar-refractivity contribution in [2.24, 2.45) is 5.73 Å². The van der Waals surface area contributed by atoms with Crippen LogP contribution in [-0.4, -0.2) is 24.2 Å². The van der Waals surface area contributed by atoms with Gasteiger partial charge in [-0.25, -0.2) is 4.79 Å². The van der Waals surface area contributed by atoms with Crippen molar-refractivity contribution in [2.75, 3.05) is 17.7 Å². The maximum absolute atomic E-state index is 11.5. The van der Waals surface area contributed by atoms with Gasteiger partial charge < -0.3 is 15.8 Å². The van der Waals surface area contributed by atoms with Crippen LogP contribution in [0.1, 0.15) is 6.92 Å². The number of hydrogen-bond acceptors (Lipinski definition) is 6. The van der Waals surface area contributed by atoms with E-state index in [1.54, 1.807) is 31.2 Å². The number of carbonyl (C=O) groups is 2. The molecule has 1 aromatic rings. The molecule has 0 aliphatic carbocycles. The zero-order valence-corrected chi connectivity index (χ0v) is 12.3. The van der Waals surface area contributed by atoms with Gasteiger partial charge in [0.05, 0.1) is 18.0 Å². The summed E-state index contributed by atoms with van der Waals surface area (Å²) in [6.45, 7) is 1.86. The van der Waals surface area contributed by atoms with Crippen molar-refractivity contribution in [3.63, 3.8) is 0 Å². The third-order valence-electron chi connectivity index (χ3n) is 2.24. The molecule has 7 heteroatoms. The summed E-state index contributed by atoms with van der Waals surface area (Å²) in [5, 5.41) is 11.8. The molecule has 0 atom stereocenters. The number of anilines is 1. The Labute approximate surface area is 127 Å². The molecule has 3 N–H and O–H groups in total. The maximum atomic E-state index is 11.5. The molecule has 1 amide bonds. The number of ether oxygens (including phenoxy) is 1. The zero-order chi connectivity index (χ0) is 15.7. The standard InChI is InChI=1S/C14H15N3O3S/c1-2-20-14(19)10(7-15)8-17-11-5-3-4-6-12(11)21-9-13(16)18/h3-6,8,17H,2,9H2,1H3,(H2,16,18)/b10-8+. The molecule has 0 aliphatic rings. The summed E-state index contributed by atoms with van der Waals surface area (Å²) in [7, 11) is 0. The van der Waals surface area contributed by atoms with Gasteiger partial charge >= 0.3 is 5.97 Å². The maximum Gasteiger partial charge on any atom is 0.350 e. The van der Waals surface area contributed by atoms with Gasteiger partial charge in [0, 0.05) is 11.1 Å². The lowest BCUT2D eigenvalue weighted by molar-refractivity contribution is -0.138. The number of hydrogen-bond donors (Lipinski definition) is 2. The van der Waals surface area contributed by atoms with Crippen LogP contribution in [0.3, 0.4) is 0 Å². The predicted octanol–water partition coefficient (Wildman–Crippen LogP) is 1.65. The number of carbonyl (C=O) groups excluding carboxylic acids is 2. The van der Waals surface area contributed by atoms with Crippen LogP contribution in [0.5, 0.6) is 0 Å².